The number of aromatic hydroxyl groups is 1. The van der Waals surface area contributed by atoms with Crippen LogP contribution in [-0.4, -0.2) is 15.1 Å². The number of rotatable bonds is 3. The molecule has 3 aromatic rings. The average Bonchev–Trinajstić information content (AvgIpc) is 2.81. The number of nitrogens with zero attached hydrogens (tertiary/aromatic N) is 3. The first-order valence-corrected chi connectivity index (χ1v) is 7.78. The highest BCUT2D eigenvalue weighted by molar-refractivity contribution is 6.35. The molecule has 0 atom stereocenters. The predicted molar refractivity (Wildman–Crippen MR) is 92.5 cm³/mol. The van der Waals surface area contributed by atoms with Gasteiger partial charge in [-0.05, 0) is 29.7 Å². The molecule has 0 amide bonds. The topological polar surface area (TPSA) is 73.6 Å². The number of aromatic amines is 1. The van der Waals surface area contributed by atoms with Gasteiger partial charge < -0.3 is 10.1 Å². The Labute approximate surface area is 143 Å². The largest absolute Gasteiger partial charge is 0.493 e. The highest BCUT2D eigenvalue weighted by Gasteiger charge is 2.12. The molecule has 0 radical (unpaired) electrons. The normalized spacial score (nSPS) is 11.9. The summed E-state index contributed by atoms with van der Waals surface area (Å²) in [6.45, 7) is 4.21. The van der Waals surface area contributed by atoms with Crippen molar-refractivity contribution in [1.82, 2.24) is 9.97 Å². The van der Waals surface area contributed by atoms with Crippen molar-refractivity contribution in [3.05, 3.63) is 46.1 Å². The van der Waals surface area contributed by atoms with Crippen molar-refractivity contribution in [1.29, 1.82) is 0 Å². The summed E-state index contributed by atoms with van der Waals surface area (Å²) >= 11 is 11.8. The molecule has 0 bridgehead atoms. The third-order valence-corrected chi connectivity index (χ3v) is 3.96. The number of hydrogen-bond donors (Lipinski definition) is 2. The number of halogens is 2. The molecule has 0 saturated carbocycles. The molecule has 1 aromatic carbocycles. The summed E-state index contributed by atoms with van der Waals surface area (Å²) in [6, 6.07) is 7.45. The highest BCUT2D eigenvalue weighted by Crippen LogP contribution is 2.38. The zero-order valence-corrected chi connectivity index (χ0v) is 14.0. The number of azo groups is 1. The lowest BCUT2D eigenvalue weighted by Gasteiger charge is -2.04. The van der Waals surface area contributed by atoms with Crippen molar-refractivity contribution >= 4 is 45.6 Å². The van der Waals surface area contributed by atoms with Gasteiger partial charge in [0, 0.05) is 11.6 Å². The Balaban J connectivity index is 2.06. The van der Waals surface area contributed by atoms with E-state index in [9.17, 15) is 5.11 Å². The van der Waals surface area contributed by atoms with E-state index in [1.807, 2.05) is 18.2 Å². The van der Waals surface area contributed by atoms with Crippen molar-refractivity contribution in [2.75, 3.05) is 0 Å². The molecular formula is C16H14Cl2N4O. The van der Waals surface area contributed by atoms with E-state index in [0.717, 1.165) is 16.5 Å². The number of H-pyrrole nitrogens is 1. The molecule has 5 nitrogen and oxygen atoms in total. The number of hydrogen-bond acceptors (Lipinski definition) is 4. The van der Waals surface area contributed by atoms with Crippen LogP contribution in [0.2, 0.25) is 10.0 Å². The predicted octanol–water partition coefficient (Wildman–Crippen LogP) is 6.11. The molecule has 7 heteroatoms. The Morgan fingerprint density at radius 3 is 2.65 bits per heavy atom. The van der Waals surface area contributed by atoms with E-state index in [2.05, 4.69) is 34.0 Å². The van der Waals surface area contributed by atoms with Crippen LogP contribution in [0.4, 0.5) is 11.5 Å². The maximum atomic E-state index is 10.1. The average molecular weight is 349 g/mol. The molecule has 0 aliphatic carbocycles. The third kappa shape index (κ3) is 3.16. The Kier molecular flexibility index (Phi) is 4.24. The molecular weight excluding hydrogens is 335 g/mol. The molecule has 0 unspecified atom stereocenters. The fourth-order valence-electron chi connectivity index (χ4n) is 2.22. The monoisotopic (exact) mass is 348 g/mol. The van der Waals surface area contributed by atoms with E-state index in [0.29, 0.717) is 21.7 Å². The first kappa shape index (κ1) is 15.8. The van der Waals surface area contributed by atoms with E-state index in [1.165, 1.54) is 12.3 Å². The minimum absolute atomic E-state index is 0.0465. The van der Waals surface area contributed by atoms with Gasteiger partial charge in [0.15, 0.2) is 11.5 Å². The first-order valence-electron chi connectivity index (χ1n) is 7.03. The number of nitrogens with one attached hydrogen (secondary N) is 1. The molecule has 0 aliphatic rings. The first-order chi connectivity index (χ1) is 11.0. The molecule has 2 N–H and O–H groups in total. The molecule has 2 aromatic heterocycles. The van der Waals surface area contributed by atoms with E-state index in [4.69, 9.17) is 23.2 Å². The van der Waals surface area contributed by atoms with Crippen molar-refractivity contribution in [3.63, 3.8) is 0 Å². The van der Waals surface area contributed by atoms with Gasteiger partial charge in [-0.25, -0.2) is 4.98 Å². The van der Waals surface area contributed by atoms with Crippen LogP contribution in [0.25, 0.3) is 10.9 Å². The number of aromatic nitrogens is 2. The summed E-state index contributed by atoms with van der Waals surface area (Å²) in [5.41, 5.74) is 2.29. The number of benzene rings is 1. The summed E-state index contributed by atoms with van der Waals surface area (Å²) in [6.07, 6.45) is 1.44. The smallest absolute Gasteiger partial charge is 0.218 e. The molecule has 0 aliphatic heterocycles. The van der Waals surface area contributed by atoms with Gasteiger partial charge in [0.2, 0.25) is 5.88 Å². The summed E-state index contributed by atoms with van der Waals surface area (Å²) in [4.78, 5) is 6.90. The quantitative estimate of drug-likeness (QED) is 0.560. The van der Waals surface area contributed by atoms with Crippen LogP contribution in [0, 0.1) is 0 Å². The van der Waals surface area contributed by atoms with Crippen LogP contribution >= 0.6 is 23.2 Å². The van der Waals surface area contributed by atoms with Crippen molar-refractivity contribution in [3.8, 4) is 5.88 Å². The lowest BCUT2D eigenvalue weighted by Crippen LogP contribution is -1.85. The zero-order chi connectivity index (χ0) is 16.6. The minimum atomic E-state index is -0.0465. The lowest BCUT2D eigenvalue weighted by molar-refractivity contribution is 0.459. The van der Waals surface area contributed by atoms with Gasteiger partial charge in [-0.3, -0.25) is 0 Å². The highest BCUT2D eigenvalue weighted by atomic mass is 35.5. The van der Waals surface area contributed by atoms with Gasteiger partial charge in [-0.1, -0.05) is 43.1 Å². The standard InChI is InChI=1S/C16H14Cl2N4O/c1-8(2)9-3-4-13-11(5-9)14(16(23)20-13)21-22-15-12(18)6-10(17)7-19-15/h3-8,20,23H,1-2H3. The second-order valence-corrected chi connectivity index (χ2v) is 6.28. The molecule has 0 spiro atoms. The van der Waals surface area contributed by atoms with E-state index < -0.39 is 0 Å². The Bertz CT molecular complexity index is 902. The van der Waals surface area contributed by atoms with Crippen LogP contribution in [-0.2, 0) is 0 Å². The summed E-state index contributed by atoms with van der Waals surface area (Å²) in [5, 5.41) is 19.7. The summed E-state index contributed by atoms with van der Waals surface area (Å²) in [5.74, 6) is 0.563. The SMILES string of the molecule is CC(C)c1ccc2[nH]c(O)c(N=Nc3ncc(Cl)cc3Cl)c2c1. The molecule has 23 heavy (non-hydrogen) atoms. The molecule has 118 valence electrons. The maximum Gasteiger partial charge on any atom is 0.218 e. The van der Waals surface area contributed by atoms with Gasteiger partial charge in [-0.15, -0.1) is 10.2 Å². The number of fused-ring (bicyclic) bond motifs is 1. The molecule has 0 fully saturated rings. The maximum absolute atomic E-state index is 10.1. The summed E-state index contributed by atoms with van der Waals surface area (Å²) in [7, 11) is 0. The second kappa shape index (κ2) is 6.18. The Morgan fingerprint density at radius 1 is 1.17 bits per heavy atom. The fraction of sp³-hybridized carbons (Fsp3) is 0.188. The Morgan fingerprint density at radius 2 is 1.96 bits per heavy atom. The van der Waals surface area contributed by atoms with Gasteiger partial charge in [-0.2, -0.15) is 0 Å². The van der Waals surface area contributed by atoms with Gasteiger partial charge in [0.1, 0.15) is 0 Å². The molecule has 3 rings (SSSR count). The van der Waals surface area contributed by atoms with Crippen molar-refractivity contribution in [2.45, 2.75) is 19.8 Å². The van der Waals surface area contributed by atoms with E-state index >= 15 is 0 Å². The van der Waals surface area contributed by atoms with Crippen LogP contribution < -0.4 is 0 Å². The molecule has 0 saturated heterocycles. The minimum Gasteiger partial charge on any atom is -0.493 e. The van der Waals surface area contributed by atoms with Crippen LogP contribution in [0.5, 0.6) is 5.88 Å². The third-order valence-electron chi connectivity index (χ3n) is 3.48. The lowest BCUT2D eigenvalue weighted by atomic mass is 10.0. The Hall–Kier alpha value is -2.11. The van der Waals surface area contributed by atoms with Crippen molar-refractivity contribution in [2.24, 2.45) is 10.2 Å². The van der Waals surface area contributed by atoms with Crippen molar-refractivity contribution < 1.29 is 5.11 Å². The van der Waals surface area contributed by atoms with Crippen LogP contribution in [0.15, 0.2) is 40.7 Å². The summed E-state index contributed by atoms with van der Waals surface area (Å²) < 4.78 is 0. The molecule has 2 heterocycles. The second-order valence-electron chi connectivity index (χ2n) is 5.44. The van der Waals surface area contributed by atoms with Gasteiger partial charge >= 0.3 is 0 Å². The van der Waals surface area contributed by atoms with Gasteiger partial charge in [0.05, 0.1) is 15.6 Å². The number of pyridine rings is 1. The zero-order valence-electron chi connectivity index (χ0n) is 12.5. The van der Waals surface area contributed by atoms with E-state index in [1.54, 1.807) is 0 Å². The van der Waals surface area contributed by atoms with E-state index in [-0.39, 0.29) is 11.7 Å². The fourth-order valence-corrected chi connectivity index (χ4v) is 2.64. The van der Waals surface area contributed by atoms with Crippen LogP contribution in [0.3, 0.4) is 0 Å². The van der Waals surface area contributed by atoms with Crippen LogP contribution in [0.1, 0.15) is 25.3 Å². The van der Waals surface area contributed by atoms with Gasteiger partial charge in [0.25, 0.3) is 0 Å².